The Balaban J connectivity index is 2.28. The largest absolute Gasteiger partial charge is 0.301 e. The van der Waals surface area contributed by atoms with Gasteiger partial charge in [-0.15, -0.1) is 0 Å². The van der Waals surface area contributed by atoms with Crippen LogP contribution in [0.1, 0.15) is 41.0 Å². The lowest BCUT2D eigenvalue weighted by molar-refractivity contribution is 0.0612. The van der Waals surface area contributed by atoms with Crippen molar-refractivity contribution in [3.63, 3.8) is 0 Å². The monoisotopic (exact) mass is 266 g/mol. The number of rotatable bonds is 5. The highest BCUT2D eigenvalue weighted by Gasteiger charge is 2.25. The molecular formula is C15H30N4. The third kappa shape index (κ3) is 5.90. The molecule has 4 nitrogen and oxygen atoms in total. The van der Waals surface area contributed by atoms with Crippen LogP contribution >= 0.6 is 0 Å². The highest BCUT2D eigenvalue weighted by Crippen LogP contribution is 2.15. The smallest absolute Gasteiger partial charge is 0.0967 e. The Labute approximate surface area is 118 Å². The number of hydrogen-bond donors (Lipinski definition) is 1. The molecule has 0 aliphatic carbocycles. The molecule has 110 valence electrons. The minimum atomic E-state index is -0.0133. The van der Waals surface area contributed by atoms with Gasteiger partial charge in [-0.2, -0.15) is 5.26 Å². The molecule has 1 saturated heterocycles. The molecule has 1 atom stereocenters. The SMILES string of the molecule is CC(C)NC(C#N)CCN1CCN(C(C)(C)C)CC1. The highest BCUT2D eigenvalue weighted by atomic mass is 15.3. The lowest BCUT2D eigenvalue weighted by atomic mass is 10.0. The van der Waals surface area contributed by atoms with Gasteiger partial charge in [0.15, 0.2) is 0 Å². The number of piperazine rings is 1. The van der Waals surface area contributed by atoms with Crippen molar-refractivity contribution in [2.45, 2.75) is 58.7 Å². The Morgan fingerprint density at radius 1 is 1.16 bits per heavy atom. The highest BCUT2D eigenvalue weighted by molar-refractivity contribution is 4.91. The minimum absolute atomic E-state index is 0.0133. The molecule has 0 saturated carbocycles. The van der Waals surface area contributed by atoms with Crippen molar-refractivity contribution in [2.75, 3.05) is 32.7 Å². The molecule has 4 heteroatoms. The molecule has 19 heavy (non-hydrogen) atoms. The van der Waals surface area contributed by atoms with Crippen molar-refractivity contribution in [3.8, 4) is 6.07 Å². The van der Waals surface area contributed by atoms with Crippen molar-refractivity contribution < 1.29 is 0 Å². The Hall–Kier alpha value is -0.630. The Morgan fingerprint density at radius 2 is 1.74 bits per heavy atom. The summed E-state index contributed by atoms with van der Waals surface area (Å²) in [4.78, 5) is 5.02. The normalized spacial score (nSPS) is 20.5. The third-order valence-corrected chi connectivity index (χ3v) is 3.75. The van der Waals surface area contributed by atoms with E-state index < -0.39 is 0 Å². The number of nitrogens with one attached hydrogen (secondary N) is 1. The van der Waals surface area contributed by atoms with E-state index in [0.29, 0.717) is 6.04 Å². The first-order valence-electron chi connectivity index (χ1n) is 7.46. The molecule has 0 bridgehead atoms. The standard InChI is InChI=1S/C15H30N4/c1-13(2)17-14(12-16)6-7-18-8-10-19(11-9-18)15(3,4)5/h13-14,17H,6-11H2,1-5H3. The fraction of sp³-hybridized carbons (Fsp3) is 0.933. The molecule has 1 aliphatic rings. The van der Waals surface area contributed by atoms with E-state index in [2.05, 4.69) is 55.8 Å². The number of nitriles is 1. The van der Waals surface area contributed by atoms with Crippen LogP contribution in [0.5, 0.6) is 0 Å². The van der Waals surface area contributed by atoms with Crippen molar-refractivity contribution in [1.29, 1.82) is 5.26 Å². The third-order valence-electron chi connectivity index (χ3n) is 3.75. The van der Waals surface area contributed by atoms with Gasteiger partial charge in [0.2, 0.25) is 0 Å². The van der Waals surface area contributed by atoms with E-state index in [4.69, 9.17) is 5.26 Å². The number of hydrogen-bond acceptors (Lipinski definition) is 4. The molecule has 0 aromatic carbocycles. The fourth-order valence-corrected chi connectivity index (χ4v) is 2.54. The summed E-state index contributed by atoms with van der Waals surface area (Å²) in [5.41, 5.74) is 0.278. The van der Waals surface area contributed by atoms with E-state index in [-0.39, 0.29) is 11.6 Å². The first kappa shape index (κ1) is 16.4. The van der Waals surface area contributed by atoms with E-state index in [0.717, 1.165) is 39.1 Å². The molecule has 0 aromatic heterocycles. The van der Waals surface area contributed by atoms with E-state index in [9.17, 15) is 0 Å². The second-order valence-corrected chi connectivity index (χ2v) is 6.79. The van der Waals surface area contributed by atoms with Gasteiger partial charge in [-0.25, -0.2) is 0 Å². The van der Waals surface area contributed by atoms with Crippen LogP contribution in [0, 0.1) is 11.3 Å². The van der Waals surface area contributed by atoms with Crippen molar-refractivity contribution in [2.24, 2.45) is 0 Å². The van der Waals surface area contributed by atoms with Crippen LogP contribution in [-0.2, 0) is 0 Å². The molecule has 0 spiro atoms. The Bertz CT molecular complexity index is 292. The lowest BCUT2D eigenvalue weighted by Gasteiger charge is -2.42. The predicted molar refractivity (Wildman–Crippen MR) is 80.1 cm³/mol. The van der Waals surface area contributed by atoms with Gasteiger partial charge in [-0.1, -0.05) is 0 Å². The summed E-state index contributed by atoms with van der Waals surface area (Å²) in [6.45, 7) is 16.6. The molecule has 1 fully saturated rings. The first-order valence-corrected chi connectivity index (χ1v) is 7.46. The summed E-state index contributed by atoms with van der Waals surface area (Å²) < 4.78 is 0. The van der Waals surface area contributed by atoms with Gasteiger partial charge >= 0.3 is 0 Å². The maximum atomic E-state index is 9.11. The van der Waals surface area contributed by atoms with Gasteiger partial charge in [-0.05, 0) is 41.0 Å². The zero-order valence-electron chi connectivity index (χ0n) is 13.2. The van der Waals surface area contributed by atoms with Gasteiger partial charge in [-0.3, -0.25) is 10.2 Å². The molecule has 1 rings (SSSR count). The summed E-state index contributed by atoms with van der Waals surface area (Å²) in [6, 6.07) is 2.72. The van der Waals surface area contributed by atoms with Crippen LogP contribution in [0.3, 0.4) is 0 Å². The minimum Gasteiger partial charge on any atom is -0.301 e. The van der Waals surface area contributed by atoms with Crippen molar-refractivity contribution in [3.05, 3.63) is 0 Å². The first-order chi connectivity index (χ1) is 8.82. The average Bonchev–Trinajstić information content (AvgIpc) is 2.33. The van der Waals surface area contributed by atoms with Crippen LogP contribution in [0.15, 0.2) is 0 Å². The molecule has 1 N–H and O–H groups in total. The van der Waals surface area contributed by atoms with Crippen LogP contribution in [0.25, 0.3) is 0 Å². The van der Waals surface area contributed by atoms with Crippen LogP contribution in [-0.4, -0.2) is 60.1 Å². The quantitative estimate of drug-likeness (QED) is 0.822. The maximum Gasteiger partial charge on any atom is 0.0967 e. The number of nitrogens with zero attached hydrogens (tertiary/aromatic N) is 3. The zero-order chi connectivity index (χ0) is 14.5. The second kappa shape index (κ2) is 7.23. The predicted octanol–water partition coefficient (Wildman–Crippen LogP) is 1.68. The van der Waals surface area contributed by atoms with E-state index >= 15 is 0 Å². The van der Waals surface area contributed by atoms with Crippen LogP contribution < -0.4 is 5.32 Å². The van der Waals surface area contributed by atoms with E-state index in [1.807, 2.05) is 0 Å². The van der Waals surface area contributed by atoms with Gasteiger partial charge in [0, 0.05) is 44.3 Å². The molecule has 1 heterocycles. The van der Waals surface area contributed by atoms with Gasteiger partial charge in [0.25, 0.3) is 0 Å². The molecule has 0 amide bonds. The second-order valence-electron chi connectivity index (χ2n) is 6.79. The maximum absolute atomic E-state index is 9.11. The summed E-state index contributed by atoms with van der Waals surface area (Å²) in [5, 5.41) is 12.4. The Morgan fingerprint density at radius 3 is 2.16 bits per heavy atom. The summed E-state index contributed by atoms with van der Waals surface area (Å²) in [5.74, 6) is 0. The lowest BCUT2D eigenvalue weighted by Crippen LogP contribution is -2.53. The summed E-state index contributed by atoms with van der Waals surface area (Å²) in [7, 11) is 0. The molecule has 0 radical (unpaired) electrons. The van der Waals surface area contributed by atoms with Gasteiger partial charge < -0.3 is 4.90 Å². The average molecular weight is 266 g/mol. The molecule has 0 aromatic rings. The topological polar surface area (TPSA) is 42.3 Å². The molecule has 1 unspecified atom stereocenters. The molecular weight excluding hydrogens is 236 g/mol. The zero-order valence-corrected chi connectivity index (χ0v) is 13.2. The van der Waals surface area contributed by atoms with Crippen LogP contribution in [0.2, 0.25) is 0 Å². The van der Waals surface area contributed by atoms with Crippen molar-refractivity contribution in [1.82, 2.24) is 15.1 Å². The van der Waals surface area contributed by atoms with E-state index in [1.165, 1.54) is 0 Å². The van der Waals surface area contributed by atoms with Gasteiger partial charge in [0.1, 0.15) is 0 Å². The van der Waals surface area contributed by atoms with Crippen molar-refractivity contribution >= 4 is 0 Å². The van der Waals surface area contributed by atoms with Gasteiger partial charge in [0.05, 0.1) is 12.1 Å². The van der Waals surface area contributed by atoms with E-state index in [1.54, 1.807) is 0 Å². The van der Waals surface area contributed by atoms with Crippen LogP contribution in [0.4, 0.5) is 0 Å². The fourth-order valence-electron chi connectivity index (χ4n) is 2.54. The summed E-state index contributed by atoms with van der Waals surface area (Å²) >= 11 is 0. The Kier molecular flexibility index (Phi) is 6.25. The molecule has 1 aliphatic heterocycles. The summed E-state index contributed by atoms with van der Waals surface area (Å²) in [6.07, 6.45) is 0.921.